The molecule has 3 rings (SSSR count). The van der Waals surface area contributed by atoms with Crippen molar-refractivity contribution >= 4 is 40.5 Å². The van der Waals surface area contributed by atoms with Crippen LogP contribution in [-0.2, 0) is 16.0 Å². The topological polar surface area (TPSA) is 66.9 Å². The van der Waals surface area contributed by atoms with Gasteiger partial charge < -0.3 is 14.5 Å². The van der Waals surface area contributed by atoms with E-state index in [1.807, 2.05) is 29.2 Å². The molecule has 1 fully saturated rings. The molecule has 0 radical (unpaired) electrons. The minimum atomic E-state index is -0.0624. The Morgan fingerprint density at radius 2 is 1.50 bits per heavy atom. The predicted octanol–water partition coefficient (Wildman–Crippen LogP) is 3.68. The highest BCUT2D eigenvalue weighted by Gasteiger charge is 2.24. The van der Waals surface area contributed by atoms with E-state index in [0.29, 0.717) is 48.2 Å². The molecule has 1 aliphatic rings. The Labute approximate surface area is 185 Å². The normalized spacial score (nSPS) is 13.9. The minimum absolute atomic E-state index is 0.0451. The number of halogens is 1. The molecule has 0 bridgehead atoms. The Bertz CT molecular complexity index is 889. The number of piperazine rings is 1. The third kappa shape index (κ3) is 6.06. The van der Waals surface area contributed by atoms with Gasteiger partial charge in [0, 0.05) is 45.4 Å². The van der Waals surface area contributed by atoms with Gasteiger partial charge in [0.2, 0.25) is 11.8 Å². The Morgan fingerprint density at radius 1 is 0.900 bits per heavy atom. The van der Waals surface area contributed by atoms with Gasteiger partial charge in [-0.25, -0.2) is 0 Å². The Kier molecular flexibility index (Phi) is 7.87. The van der Waals surface area contributed by atoms with Gasteiger partial charge in [-0.1, -0.05) is 23.7 Å². The van der Waals surface area contributed by atoms with Crippen molar-refractivity contribution in [2.24, 2.45) is 0 Å². The van der Waals surface area contributed by atoms with Gasteiger partial charge in [0.05, 0.1) is 16.3 Å². The maximum atomic E-state index is 12.5. The molecule has 0 N–H and O–H groups in total. The van der Waals surface area contributed by atoms with Crippen molar-refractivity contribution in [2.75, 3.05) is 33.3 Å². The second-order valence-corrected chi connectivity index (χ2v) is 8.85. The van der Waals surface area contributed by atoms with E-state index in [-0.39, 0.29) is 30.4 Å². The summed E-state index contributed by atoms with van der Waals surface area (Å²) in [5.41, 5.74) is 1.09. The summed E-state index contributed by atoms with van der Waals surface area (Å²) in [7, 11) is 1.63. The summed E-state index contributed by atoms with van der Waals surface area (Å²) in [6, 6.07) is 11.1. The molecule has 8 heteroatoms. The van der Waals surface area contributed by atoms with Crippen LogP contribution in [0.1, 0.15) is 34.5 Å². The maximum Gasteiger partial charge on any atom is 0.223 e. The summed E-state index contributed by atoms with van der Waals surface area (Å²) in [6.45, 7) is 2.07. The quantitative estimate of drug-likeness (QED) is 0.578. The van der Waals surface area contributed by atoms with Gasteiger partial charge in [0.25, 0.3) is 0 Å². The molecule has 0 saturated carbocycles. The molecule has 1 aromatic carbocycles. The smallest absolute Gasteiger partial charge is 0.223 e. The summed E-state index contributed by atoms with van der Waals surface area (Å²) in [6.07, 6.45) is 1.48. The van der Waals surface area contributed by atoms with Crippen LogP contribution >= 0.6 is 22.9 Å². The number of hydrogen-bond donors (Lipinski definition) is 0. The first-order chi connectivity index (χ1) is 14.5. The lowest BCUT2D eigenvalue weighted by molar-refractivity contribution is -0.139. The second-order valence-electron chi connectivity index (χ2n) is 7.14. The number of hydrogen-bond acceptors (Lipinski definition) is 5. The van der Waals surface area contributed by atoms with Crippen LogP contribution in [0.5, 0.6) is 5.75 Å². The molecule has 0 atom stereocenters. The number of ketones is 1. The predicted molar refractivity (Wildman–Crippen MR) is 117 cm³/mol. The molecule has 2 aromatic rings. The van der Waals surface area contributed by atoms with Crippen LogP contribution in [0.4, 0.5) is 0 Å². The lowest BCUT2D eigenvalue weighted by atomic mass is 10.1. The number of ether oxygens (including phenoxy) is 1. The van der Waals surface area contributed by atoms with Gasteiger partial charge in [-0.3, -0.25) is 14.4 Å². The SMILES string of the molecule is COc1ccc(CCC(=O)N2CCN(C(=O)CCC(=O)c3ccc(Cl)s3)CC2)cc1. The molecule has 30 heavy (non-hydrogen) atoms. The number of amides is 2. The van der Waals surface area contributed by atoms with Crippen molar-refractivity contribution in [3.63, 3.8) is 0 Å². The summed E-state index contributed by atoms with van der Waals surface area (Å²) in [5.74, 6) is 0.790. The number of thiophene rings is 1. The van der Waals surface area contributed by atoms with Crippen molar-refractivity contribution in [1.29, 1.82) is 0 Å². The molecule has 0 spiro atoms. The number of carbonyl (C=O) groups is 3. The highest BCUT2D eigenvalue weighted by atomic mass is 35.5. The molecular weight excluding hydrogens is 424 g/mol. The van der Waals surface area contributed by atoms with E-state index in [2.05, 4.69) is 0 Å². The first-order valence-corrected chi connectivity index (χ1v) is 11.1. The van der Waals surface area contributed by atoms with Gasteiger partial charge in [0.15, 0.2) is 5.78 Å². The Balaban J connectivity index is 1.38. The summed E-state index contributed by atoms with van der Waals surface area (Å²) in [5, 5.41) is 0. The zero-order valence-corrected chi connectivity index (χ0v) is 18.5. The fraction of sp³-hybridized carbons (Fsp3) is 0.409. The molecular formula is C22H25ClN2O4S. The minimum Gasteiger partial charge on any atom is -0.497 e. The molecule has 160 valence electrons. The van der Waals surface area contributed by atoms with Gasteiger partial charge in [-0.05, 0) is 36.2 Å². The molecule has 6 nitrogen and oxygen atoms in total. The molecule has 1 saturated heterocycles. The number of Topliss-reactive ketones (excluding diaryl/α,β-unsaturated/α-hetero) is 1. The fourth-order valence-electron chi connectivity index (χ4n) is 3.37. The first kappa shape index (κ1) is 22.3. The van der Waals surface area contributed by atoms with Crippen LogP contribution in [0, 0.1) is 0 Å². The monoisotopic (exact) mass is 448 g/mol. The van der Waals surface area contributed by atoms with Crippen molar-refractivity contribution in [3.8, 4) is 5.75 Å². The van der Waals surface area contributed by atoms with Crippen molar-refractivity contribution < 1.29 is 19.1 Å². The maximum absolute atomic E-state index is 12.5. The highest BCUT2D eigenvalue weighted by molar-refractivity contribution is 7.18. The number of benzene rings is 1. The van der Waals surface area contributed by atoms with Gasteiger partial charge in [0.1, 0.15) is 5.75 Å². The largest absolute Gasteiger partial charge is 0.497 e. The fourth-order valence-corrected chi connectivity index (χ4v) is 4.38. The van der Waals surface area contributed by atoms with Gasteiger partial charge in [-0.2, -0.15) is 0 Å². The second kappa shape index (κ2) is 10.6. The number of carbonyl (C=O) groups excluding carboxylic acids is 3. The van der Waals surface area contributed by atoms with Crippen LogP contribution in [0.15, 0.2) is 36.4 Å². The molecule has 1 aliphatic heterocycles. The van der Waals surface area contributed by atoms with E-state index in [0.717, 1.165) is 11.3 Å². The van der Waals surface area contributed by atoms with Crippen molar-refractivity contribution in [1.82, 2.24) is 9.80 Å². The van der Waals surface area contributed by atoms with E-state index in [9.17, 15) is 14.4 Å². The summed E-state index contributed by atoms with van der Waals surface area (Å²) < 4.78 is 5.71. The average Bonchev–Trinajstić information content (AvgIpc) is 3.22. The van der Waals surface area contributed by atoms with Crippen LogP contribution < -0.4 is 4.74 Å². The lowest BCUT2D eigenvalue weighted by Crippen LogP contribution is -2.50. The number of methoxy groups -OCH3 is 1. The van der Waals surface area contributed by atoms with Crippen LogP contribution in [0.25, 0.3) is 0 Å². The summed E-state index contributed by atoms with van der Waals surface area (Å²) in [4.78, 5) is 41.2. The van der Waals surface area contributed by atoms with Crippen LogP contribution in [-0.4, -0.2) is 60.7 Å². The standard InChI is InChI=1S/C22H25ClN2O4S/c1-29-17-5-2-16(3-6-17)4-10-21(27)24-12-14-25(15-13-24)22(28)11-7-18(26)19-8-9-20(23)30-19/h2-3,5-6,8-9H,4,7,10-15H2,1H3. The Morgan fingerprint density at radius 3 is 2.03 bits per heavy atom. The van der Waals surface area contributed by atoms with Crippen molar-refractivity contribution in [3.05, 3.63) is 51.2 Å². The lowest BCUT2D eigenvalue weighted by Gasteiger charge is -2.35. The number of rotatable bonds is 8. The molecule has 0 unspecified atom stereocenters. The van der Waals surface area contributed by atoms with E-state index in [4.69, 9.17) is 16.3 Å². The van der Waals surface area contributed by atoms with E-state index in [1.54, 1.807) is 24.1 Å². The zero-order valence-electron chi connectivity index (χ0n) is 16.9. The van der Waals surface area contributed by atoms with E-state index < -0.39 is 0 Å². The molecule has 1 aromatic heterocycles. The van der Waals surface area contributed by atoms with Gasteiger partial charge >= 0.3 is 0 Å². The number of nitrogens with zero attached hydrogens (tertiary/aromatic N) is 2. The van der Waals surface area contributed by atoms with Crippen LogP contribution in [0.3, 0.4) is 0 Å². The Hall–Kier alpha value is -2.38. The third-order valence-corrected chi connectivity index (χ3v) is 6.46. The highest BCUT2D eigenvalue weighted by Crippen LogP contribution is 2.23. The van der Waals surface area contributed by atoms with Gasteiger partial charge in [-0.15, -0.1) is 11.3 Å². The van der Waals surface area contributed by atoms with Crippen molar-refractivity contribution in [2.45, 2.75) is 25.7 Å². The molecule has 2 amide bonds. The first-order valence-electron chi connectivity index (χ1n) is 9.93. The average molecular weight is 449 g/mol. The molecule has 0 aliphatic carbocycles. The zero-order chi connectivity index (χ0) is 21.5. The molecule has 2 heterocycles. The third-order valence-electron chi connectivity index (χ3n) is 5.19. The van der Waals surface area contributed by atoms with E-state index >= 15 is 0 Å². The van der Waals surface area contributed by atoms with E-state index in [1.165, 1.54) is 11.3 Å². The summed E-state index contributed by atoms with van der Waals surface area (Å²) >= 11 is 7.08. The number of aryl methyl sites for hydroxylation is 1. The van der Waals surface area contributed by atoms with Crippen LogP contribution in [0.2, 0.25) is 4.34 Å².